The number of rotatable bonds is 12. The van der Waals surface area contributed by atoms with E-state index in [0.29, 0.717) is 32.2 Å². The molecule has 0 aliphatic heterocycles. The van der Waals surface area contributed by atoms with Crippen molar-refractivity contribution in [1.29, 1.82) is 0 Å². The van der Waals surface area contributed by atoms with Crippen molar-refractivity contribution in [3.63, 3.8) is 0 Å². The van der Waals surface area contributed by atoms with Gasteiger partial charge in [0.2, 0.25) is 0 Å². The quantitative estimate of drug-likeness (QED) is 0.559. The summed E-state index contributed by atoms with van der Waals surface area (Å²) in [4.78, 5) is 13.8. The Bertz CT molecular complexity index is 323. The maximum absolute atomic E-state index is 11.6. The summed E-state index contributed by atoms with van der Waals surface area (Å²) in [5.41, 5.74) is -0.862. The molecule has 124 valence electrons. The summed E-state index contributed by atoms with van der Waals surface area (Å²) in [7, 11) is 3.36. The summed E-state index contributed by atoms with van der Waals surface area (Å²) in [6.07, 6.45) is 2.73. The highest BCUT2D eigenvalue weighted by Crippen LogP contribution is 2.24. The van der Waals surface area contributed by atoms with E-state index < -0.39 is 11.5 Å². The largest absolute Gasteiger partial charge is 0.480 e. The van der Waals surface area contributed by atoms with E-state index in [2.05, 4.69) is 17.1 Å². The summed E-state index contributed by atoms with van der Waals surface area (Å²) in [5, 5.41) is 12.8. The lowest BCUT2D eigenvalue weighted by Crippen LogP contribution is -2.53. The molecule has 0 saturated heterocycles. The van der Waals surface area contributed by atoms with Crippen LogP contribution in [-0.2, 0) is 14.3 Å². The van der Waals surface area contributed by atoms with Crippen LogP contribution in [0.1, 0.15) is 33.1 Å². The topological polar surface area (TPSA) is 71.0 Å². The van der Waals surface area contributed by atoms with E-state index >= 15 is 0 Å². The molecule has 0 bridgehead atoms. The Kier molecular flexibility index (Phi) is 7.59. The van der Waals surface area contributed by atoms with Crippen LogP contribution in [-0.4, -0.2) is 74.1 Å². The van der Waals surface area contributed by atoms with Crippen molar-refractivity contribution >= 4 is 5.97 Å². The molecule has 0 spiro atoms. The van der Waals surface area contributed by atoms with Crippen LogP contribution in [0.5, 0.6) is 0 Å². The molecule has 0 aromatic rings. The van der Waals surface area contributed by atoms with Gasteiger partial charge in [-0.15, -0.1) is 0 Å². The monoisotopic (exact) mass is 302 g/mol. The molecule has 0 radical (unpaired) electrons. The van der Waals surface area contributed by atoms with Gasteiger partial charge < -0.3 is 14.6 Å². The molecule has 2 atom stereocenters. The third kappa shape index (κ3) is 6.30. The van der Waals surface area contributed by atoms with Crippen molar-refractivity contribution in [1.82, 2.24) is 10.2 Å². The molecule has 1 saturated carbocycles. The van der Waals surface area contributed by atoms with Crippen molar-refractivity contribution in [3.05, 3.63) is 0 Å². The first-order chi connectivity index (χ1) is 9.92. The molecule has 1 aliphatic rings. The number of nitrogens with one attached hydrogen (secondary N) is 1. The minimum absolute atomic E-state index is 0.240. The Morgan fingerprint density at radius 1 is 1.38 bits per heavy atom. The number of carboxylic acids is 1. The van der Waals surface area contributed by atoms with Crippen molar-refractivity contribution in [2.24, 2.45) is 0 Å². The van der Waals surface area contributed by atoms with E-state index in [4.69, 9.17) is 9.47 Å². The Labute approximate surface area is 127 Å². The lowest BCUT2D eigenvalue weighted by Gasteiger charge is -2.33. The van der Waals surface area contributed by atoms with Crippen molar-refractivity contribution in [2.45, 2.75) is 50.7 Å². The number of ether oxygens (including phenoxy) is 2. The van der Waals surface area contributed by atoms with Crippen LogP contribution in [0.4, 0.5) is 0 Å². The predicted molar refractivity (Wildman–Crippen MR) is 81.6 cm³/mol. The number of methoxy groups -OCH3 is 2. The van der Waals surface area contributed by atoms with Gasteiger partial charge in [-0.25, -0.2) is 0 Å². The smallest absolute Gasteiger partial charge is 0.323 e. The van der Waals surface area contributed by atoms with Gasteiger partial charge in [0.05, 0.1) is 13.2 Å². The number of hydrogen-bond donors (Lipinski definition) is 2. The highest BCUT2D eigenvalue weighted by Gasteiger charge is 2.38. The van der Waals surface area contributed by atoms with Gasteiger partial charge in [-0.3, -0.25) is 15.0 Å². The summed E-state index contributed by atoms with van der Waals surface area (Å²) in [6, 6.07) is 0.610. The first-order valence-corrected chi connectivity index (χ1v) is 7.66. The zero-order valence-electron chi connectivity index (χ0n) is 13.7. The Morgan fingerprint density at radius 2 is 2.05 bits per heavy atom. The molecule has 1 rings (SSSR count). The second kappa shape index (κ2) is 8.68. The zero-order chi connectivity index (χ0) is 15.9. The van der Waals surface area contributed by atoms with Crippen LogP contribution in [0.25, 0.3) is 0 Å². The Morgan fingerprint density at radius 3 is 2.52 bits per heavy atom. The highest BCUT2D eigenvalue weighted by atomic mass is 16.5. The Balaban J connectivity index is 2.56. The summed E-state index contributed by atoms with van der Waals surface area (Å²) >= 11 is 0. The summed E-state index contributed by atoms with van der Waals surface area (Å²) in [6.45, 7) is 6.61. The molecular formula is C15H30N2O4. The molecule has 6 nitrogen and oxygen atoms in total. The van der Waals surface area contributed by atoms with Crippen LogP contribution in [0, 0.1) is 0 Å². The van der Waals surface area contributed by atoms with Crippen LogP contribution in [0.2, 0.25) is 0 Å². The van der Waals surface area contributed by atoms with Gasteiger partial charge in [0.1, 0.15) is 5.54 Å². The molecule has 0 heterocycles. The molecule has 0 aromatic carbocycles. The average Bonchev–Trinajstić information content (AvgIpc) is 3.22. The summed E-state index contributed by atoms with van der Waals surface area (Å²) in [5.74, 6) is -0.777. The van der Waals surface area contributed by atoms with Crippen molar-refractivity contribution in [3.8, 4) is 0 Å². The first-order valence-electron chi connectivity index (χ1n) is 7.66. The number of hydrogen-bond acceptors (Lipinski definition) is 5. The minimum atomic E-state index is -0.862. The van der Waals surface area contributed by atoms with Crippen LogP contribution in [0.3, 0.4) is 0 Å². The second-order valence-corrected chi connectivity index (χ2v) is 6.14. The van der Waals surface area contributed by atoms with Crippen LogP contribution >= 0.6 is 0 Å². The molecule has 1 aliphatic carbocycles. The molecular weight excluding hydrogens is 272 g/mol. The number of carboxylic acid groups (broad SMARTS) is 1. The van der Waals surface area contributed by atoms with E-state index in [0.717, 1.165) is 19.4 Å². The van der Waals surface area contributed by atoms with E-state index in [9.17, 15) is 9.90 Å². The fourth-order valence-corrected chi connectivity index (χ4v) is 2.39. The van der Waals surface area contributed by atoms with Crippen molar-refractivity contribution < 1.29 is 19.4 Å². The molecule has 0 aromatic heterocycles. The van der Waals surface area contributed by atoms with Crippen molar-refractivity contribution in [2.75, 3.05) is 40.5 Å². The van der Waals surface area contributed by atoms with E-state index in [-0.39, 0.29) is 6.04 Å². The maximum atomic E-state index is 11.6. The normalized spacial score (nSPS) is 19.5. The fraction of sp³-hybridized carbons (Fsp3) is 0.933. The first kappa shape index (κ1) is 18.4. The number of carbonyl (C=O) groups is 1. The fourth-order valence-electron chi connectivity index (χ4n) is 2.39. The van der Waals surface area contributed by atoms with Gasteiger partial charge in [-0.1, -0.05) is 0 Å². The van der Waals surface area contributed by atoms with Gasteiger partial charge in [0.15, 0.2) is 0 Å². The minimum Gasteiger partial charge on any atom is -0.480 e. The van der Waals surface area contributed by atoms with E-state index in [1.807, 2.05) is 0 Å². The lowest BCUT2D eigenvalue weighted by molar-refractivity contribution is -0.144. The molecule has 2 N–H and O–H groups in total. The van der Waals surface area contributed by atoms with Gasteiger partial charge in [-0.05, 0) is 33.1 Å². The van der Waals surface area contributed by atoms with E-state index in [1.165, 1.54) is 0 Å². The molecule has 0 amide bonds. The maximum Gasteiger partial charge on any atom is 0.323 e. The third-order valence-corrected chi connectivity index (χ3v) is 4.08. The van der Waals surface area contributed by atoms with Gasteiger partial charge in [0.25, 0.3) is 0 Å². The standard InChI is InChI=1S/C15H30N2O4/c1-12(11-21-4)17(9-10-20-3)8-7-15(2,14(18)19)16-13-5-6-13/h12-13,16H,5-11H2,1-4H3,(H,18,19). The number of nitrogens with zero attached hydrogens (tertiary/aromatic N) is 1. The van der Waals surface area contributed by atoms with Gasteiger partial charge in [0, 0.05) is 39.4 Å². The number of aliphatic carboxylic acids is 1. The average molecular weight is 302 g/mol. The van der Waals surface area contributed by atoms with Gasteiger partial charge >= 0.3 is 5.97 Å². The second-order valence-electron chi connectivity index (χ2n) is 6.14. The molecule has 6 heteroatoms. The zero-order valence-corrected chi connectivity index (χ0v) is 13.7. The van der Waals surface area contributed by atoms with Crippen LogP contribution in [0.15, 0.2) is 0 Å². The van der Waals surface area contributed by atoms with Crippen LogP contribution < -0.4 is 5.32 Å². The highest BCUT2D eigenvalue weighted by molar-refractivity contribution is 5.78. The summed E-state index contributed by atoms with van der Waals surface area (Å²) < 4.78 is 10.3. The molecule has 1 fully saturated rings. The molecule has 2 unspecified atom stereocenters. The van der Waals surface area contributed by atoms with Gasteiger partial charge in [-0.2, -0.15) is 0 Å². The Hall–Kier alpha value is -0.690. The van der Waals surface area contributed by atoms with E-state index in [1.54, 1.807) is 21.1 Å². The lowest BCUT2D eigenvalue weighted by atomic mass is 9.97. The molecule has 21 heavy (non-hydrogen) atoms. The predicted octanol–water partition coefficient (Wildman–Crippen LogP) is 0.955. The third-order valence-electron chi connectivity index (χ3n) is 4.08. The SMILES string of the molecule is COCCN(CCC(C)(NC1CC1)C(=O)O)C(C)COC.